The second-order valence-electron chi connectivity index (χ2n) is 10.6. The smallest absolute Gasteiger partial charge is 0.426 e. The lowest BCUT2D eigenvalue weighted by atomic mass is 9.78. The van der Waals surface area contributed by atoms with Gasteiger partial charge in [0.2, 0.25) is 5.91 Å². The van der Waals surface area contributed by atoms with Crippen molar-refractivity contribution in [2.24, 2.45) is 5.41 Å². The Morgan fingerprint density at radius 1 is 0.923 bits per heavy atom. The monoisotopic (exact) mass is 584 g/mol. The predicted octanol–water partition coefficient (Wildman–Crippen LogP) is 4.93. The molecule has 4 rings (SSSR count). The zero-order valence-electron chi connectivity index (χ0n) is 21.5. The summed E-state index contributed by atoms with van der Waals surface area (Å²) in [5.74, 6) is 0.0886. The molecule has 14 heteroatoms. The summed E-state index contributed by atoms with van der Waals surface area (Å²) < 4.78 is 80.4. The quantitative estimate of drug-likeness (QED) is 0.470. The van der Waals surface area contributed by atoms with Crippen molar-refractivity contribution in [2.45, 2.75) is 51.2 Å². The van der Waals surface area contributed by atoms with Crippen LogP contribution in [0.1, 0.15) is 31.7 Å². The van der Waals surface area contributed by atoms with E-state index in [4.69, 9.17) is 11.6 Å². The Bertz CT molecular complexity index is 1040. The van der Waals surface area contributed by atoms with Crippen LogP contribution in [0.3, 0.4) is 0 Å². The summed E-state index contributed by atoms with van der Waals surface area (Å²) in [6.07, 6.45) is -14.4. The van der Waals surface area contributed by atoms with E-state index in [2.05, 4.69) is 9.64 Å². The lowest BCUT2D eigenvalue weighted by Gasteiger charge is -2.39. The first-order chi connectivity index (χ1) is 18.2. The summed E-state index contributed by atoms with van der Waals surface area (Å²) in [7, 11) is 0. The fraction of sp³-hybridized carbons (Fsp3) is 0.680. The molecule has 2 amide bonds. The van der Waals surface area contributed by atoms with Gasteiger partial charge in [-0.05, 0) is 42.4 Å². The lowest BCUT2D eigenvalue weighted by molar-refractivity contribution is -0.308. The van der Waals surface area contributed by atoms with Crippen molar-refractivity contribution in [3.05, 3.63) is 28.8 Å². The van der Waals surface area contributed by atoms with E-state index in [0.29, 0.717) is 11.6 Å². The molecule has 1 aromatic carbocycles. The summed E-state index contributed by atoms with van der Waals surface area (Å²) >= 11 is 6.33. The first-order valence-corrected chi connectivity index (χ1v) is 13.1. The Labute approximate surface area is 227 Å². The molecule has 0 aliphatic carbocycles. The van der Waals surface area contributed by atoms with Crippen molar-refractivity contribution < 1.29 is 40.7 Å². The number of piperidine rings is 1. The number of hydrogen-bond acceptors (Lipinski definition) is 5. The van der Waals surface area contributed by atoms with Crippen LogP contribution in [0.4, 0.5) is 36.8 Å². The van der Waals surface area contributed by atoms with Crippen LogP contribution < -0.4 is 4.90 Å². The molecule has 7 nitrogen and oxygen atoms in total. The molecule has 0 bridgehead atoms. The number of hydrogen-bond donors (Lipinski definition) is 0. The van der Waals surface area contributed by atoms with E-state index in [0.717, 1.165) is 61.6 Å². The number of benzene rings is 1. The number of alkyl halides is 6. The molecule has 3 saturated heterocycles. The van der Waals surface area contributed by atoms with Gasteiger partial charge in [-0.15, -0.1) is 0 Å². The number of nitrogens with zero attached hydrogens (tertiary/aromatic N) is 4. The minimum absolute atomic E-state index is 0.0658. The SMILES string of the molecule is CC(=O)N1CCC2(CC1)CCN(c1cc(Cl)ccc1CN1CCN(C(=O)OC(C(F)(F)F)C(F)(F)F)CC1)C2. The highest BCUT2D eigenvalue weighted by atomic mass is 35.5. The standard InChI is InChI=1S/C25H31ClF6N4O3/c1-17(37)34-7-4-23(5-8-34)6-9-36(16-23)20-14-19(26)3-2-18(20)15-33-10-12-35(13-11-33)22(38)39-21(24(27,28)29)25(30,31)32/h2-3,14,21H,4-13,15-16H2,1H3. The second-order valence-corrected chi connectivity index (χ2v) is 11.0. The molecule has 0 atom stereocenters. The van der Waals surface area contributed by atoms with E-state index in [1.165, 1.54) is 0 Å². The van der Waals surface area contributed by atoms with Crippen LogP contribution in [-0.4, -0.2) is 97.5 Å². The van der Waals surface area contributed by atoms with Crippen LogP contribution in [0.15, 0.2) is 18.2 Å². The minimum atomic E-state index is -5.75. The van der Waals surface area contributed by atoms with Crippen LogP contribution in [-0.2, 0) is 16.1 Å². The van der Waals surface area contributed by atoms with E-state index in [1.54, 1.807) is 13.0 Å². The Morgan fingerprint density at radius 2 is 1.51 bits per heavy atom. The molecular formula is C25H31ClF6N4O3. The molecule has 0 saturated carbocycles. The normalized spacial score (nSPS) is 20.7. The highest BCUT2D eigenvalue weighted by Gasteiger charge is 2.60. The highest BCUT2D eigenvalue weighted by molar-refractivity contribution is 6.30. The number of rotatable bonds is 4. The molecule has 3 aliphatic rings. The van der Waals surface area contributed by atoms with Crippen LogP contribution in [0.2, 0.25) is 5.02 Å². The van der Waals surface area contributed by atoms with Crippen LogP contribution in [0, 0.1) is 5.41 Å². The molecule has 0 aromatic heterocycles. The third-order valence-electron chi connectivity index (χ3n) is 7.93. The average molecular weight is 585 g/mol. The molecule has 1 aromatic rings. The third kappa shape index (κ3) is 7.03. The molecular weight excluding hydrogens is 554 g/mol. The maximum absolute atomic E-state index is 12.8. The molecule has 1 spiro atoms. The molecule has 0 unspecified atom stereocenters. The summed E-state index contributed by atoms with van der Waals surface area (Å²) in [5.41, 5.74) is 2.10. The van der Waals surface area contributed by atoms with E-state index in [9.17, 15) is 35.9 Å². The van der Waals surface area contributed by atoms with E-state index >= 15 is 0 Å². The number of halogens is 7. The maximum atomic E-state index is 12.8. The van der Waals surface area contributed by atoms with Crippen molar-refractivity contribution in [3.63, 3.8) is 0 Å². The van der Waals surface area contributed by atoms with Gasteiger partial charge >= 0.3 is 18.4 Å². The fourth-order valence-electron chi connectivity index (χ4n) is 5.63. The molecule has 0 radical (unpaired) electrons. The molecule has 218 valence electrons. The minimum Gasteiger partial charge on any atom is -0.426 e. The number of anilines is 1. The van der Waals surface area contributed by atoms with Crippen molar-refractivity contribution in [3.8, 4) is 0 Å². The maximum Gasteiger partial charge on any atom is 0.434 e. The summed E-state index contributed by atoms with van der Waals surface area (Å²) in [5, 5.41) is 0.581. The Morgan fingerprint density at radius 3 is 2.08 bits per heavy atom. The van der Waals surface area contributed by atoms with Gasteiger partial charge in [0.1, 0.15) is 0 Å². The fourth-order valence-corrected chi connectivity index (χ4v) is 5.80. The van der Waals surface area contributed by atoms with Gasteiger partial charge in [0.15, 0.2) is 0 Å². The predicted molar refractivity (Wildman–Crippen MR) is 131 cm³/mol. The van der Waals surface area contributed by atoms with Gasteiger partial charge in [0.25, 0.3) is 6.10 Å². The van der Waals surface area contributed by atoms with Gasteiger partial charge in [-0.1, -0.05) is 17.7 Å². The van der Waals surface area contributed by atoms with Crippen LogP contribution >= 0.6 is 11.6 Å². The van der Waals surface area contributed by atoms with Crippen molar-refractivity contribution in [1.82, 2.24) is 14.7 Å². The number of piperazine rings is 1. The topological polar surface area (TPSA) is 56.3 Å². The van der Waals surface area contributed by atoms with Gasteiger partial charge in [-0.25, -0.2) is 4.79 Å². The summed E-state index contributed by atoms with van der Waals surface area (Å²) in [6.45, 7) is 5.60. The Kier molecular flexibility index (Phi) is 8.51. The second kappa shape index (κ2) is 11.2. The van der Waals surface area contributed by atoms with Gasteiger partial charge in [-0.2, -0.15) is 26.3 Å². The number of ether oxygens (including phenoxy) is 1. The van der Waals surface area contributed by atoms with E-state index in [1.807, 2.05) is 21.9 Å². The number of carbonyl (C=O) groups is 2. The van der Waals surface area contributed by atoms with Crippen LogP contribution in [0.25, 0.3) is 0 Å². The molecule has 0 N–H and O–H groups in total. The first-order valence-electron chi connectivity index (χ1n) is 12.8. The summed E-state index contributed by atoms with van der Waals surface area (Å²) in [6, 6.07) is 5.60. The molecule has 3 aliphatic heterocycles. The zero-order chi connectivity index (χ0) is 28.6. The number of carbonyl (C=O) groups excluding carboxylic acids is 2. The van der Waals surface area contributed by atoms with Crippen molar-refractivity contribution in [2.75, 3.05) is 57.3 Å². The Hall–Kier alpha value is -2.41. The average Bonchev–Trinajstić information content (AvgIpc) is 3.26. The number of likely N-dealkylation sites (tertiary alicyclic amines) is 1. The van der Waals surface area contributed by atoms with Crippen LogP contribution in [0.5, 0.6) is 0 Å². The van der Waals surface area contributed by atoms with Gasteiger partial charge < -0.3 is 19.4 Å². The first kappa shape index (κ1) is 29.6. The molecule has 3 heterocycles. The van der Waals surface area contributed by atoms with Gasteiger partial charge in [0.05, 0.1) is 0 Å². The zero-order valence-corrected chi connectivity index (χ0v) is 22.2. The third-order valence-corrected chi connectivity index (χ3v) is 8.17. The van der Waals surface area contributed by atoms with Gasteiger partial charge in [-0.3, -0.25) is 9.69 Å². The van der Waals surface area contributed by atoms with Crippen molar-refractivity contribution >= 4 is 29.3 Å². The molecule has 3 fully saturated rings. The van der Waals surface area contributed by atoms with E-state index < -0.39 is 24.5 Å². The highest BCUT2D eigenvalue weighted by Crippen LogP contribution is 2.43. The molecule has 39 heavy (non-hydrogen) atoms. The van der Waals surface area contributed by atoms with Crippen molar-refractivity contribution in [1.29, 1.82) is 0 Å². The Balaban J connectivity index is 1.35. The number of amides is 2. The largest absolute Gasteiger partial charge is 0.434 e. The van der Waals surface area contributed by atoms with Gasteiger partial charge in [0, 0.05) is 76.5 Å². The summed E-state index contributed by atoms with van der Waals surface area (Å²) in [4.78, 5) is 30.8. The van der Waals surface area contributed by atoms with E-state index in [-0.39, 0.29) is 37.5 Å². The lowest BCUT2D eigenvalue weighted by Crippen LogP contribution is -2.52.